The molecule has 3 N–H and O–H groups in total. The number of hydrogen-bond donors (Lipinski definition) is 3. The van der Waals surface area contributed by atoms with Gasteiger partial charge in [-0.3, -0.25) is 4.79 Å². The topological polar surface area (TPSA) is 87.7 Å². The van der Waals surface area contributed by atoms with Crippen molar-refractivity contribution in [1.29, 1.82) is 0 Å². The van der Waals surface area contributed by atoms with Crippen LogP contribution in [0.15, 0.2) is 30.3 Å². The molecule has 0 aromatic heterocycles. The molecule has 23 heavy (non-hydrogen) atoms. The number of carbonyl (C=O) groups is 2. The lowest BCUT2D eigenvalue weighted by atomic mass is 10.0. The second-order valence-corrected chi connectivity index (χ2v) is 5.85. The SMILES string of the molecule is O=C(O)CCC(Cc1ccccc1)NC(=O)N[C@@H]1CCCOC1. The molecular weight excluding hydrogens is 296 g/mol. The van der Waals surface area contributed by atoms with Crippen molar-refractivity contribution in [3.05, 3.63) is 35.9 Å². The molecule has 1 fully saturated rings. The van der Waals surface area contributed by atoms with Crippen molar-refractivity contribution in [2.75, 3.05) is 13.2 Å². The molecule has 1 unspecified atom stereocenters. The third-order valence-electron chi connectivity index (χ3n) is 3.86. The normalized spacial score (nSPS) is 18.9. The van der Waals surface area contributed by atoms with E-state index in [2.05, 4.69) is 10.6 Å². The summed E-state index contributed by atoms with van der Waals surface area (Å²) in [4.78, 5) is 22.9. The smallest absolute Gasteiger partial charge is 0.315 e. The van der Waals surface area contributed by atoms with Gasteiger partial charge in [0.1, 0.15) is 0 Å². The zero-order chi connectivity index (χ0) is 16.5. The van der Waals surface area contributed by atoms with Crippen molar-refractivity contribution >= 4 is 12.0 Å². The molecule has 0 aliphatic carbocycles. The van der Waals surface area contributed by atoms with Crippen LogP contribution in [0, 0.1) is 0 Å². The van der Waals surface area contributed by atoms with Crippen LogP contribution in [0.1, 0.15) is 31.2 Å². The van der Waals surface area contributed by atoms with Crippen molar-refractivity contribution in [1.82, 2.24) is 10.6 Å². The molecule has 2 atom stereocenters. The van der Waals surface area contributed by atoms with Gasteiger partial charge < -0.3 is 20.5 Å². The van der Waals surface area contributed by atoms with Crippen LogP contribution >= 0.6 is 0 Å². The van der Waals surface area contributed by atoms with E-state index in [1.807, 2.05) is 30.3 Å². The van der Waals surface area contributed by atoms with Gasteiger partial charge in [0.25, 0.3) is 0 Å². The zero-order valence-electron chi connectivity index (χ0n) is 13.2. The maximum absolute atomic E-state index is 12.1. The van der Waals surface area contributed by atoms with Gasteiger partial charge in [0.05, 0.1) is 12.6 Å². The lowest BCUT2D eigenvalue weighted by Crippen LogP contribution is -2.49. The number of nitrogens with one attached hydrogen (secondary N) is 2. The predicted octanol–water partition coefficient (Wildman–Crippen LogP) is 1.94. The Bertz CT molecular complexity index is 501. The monoisotopic (exact) mass is 320 g/mol. The number of urea groups is 1. The summed E-state index contributed by atoms with van der Waals surface area (Å²) in [6.07, 6.45) is 2.90. The molecule has 1 aromatic rings. The Labute approximate surface area is 136 Å². The van der Waals surface area contributed by atoms with Crippen molar-refractivity contribution < 1.29 is 19.4 Å². The minimum atomic E-state index is -0.856. The number of aliphatic carboxylic acids is 1. The molecule has 2 rings (SSSR count). The molecule has 1 aromatic carbocycles. The first-order chi connectivity index (χ1) is 11.1. The molecule has 6 heteroatoms. The maximum atomic E-state index is 12.1. The third-order valence-corrected chi connectivity index (χ3v) is 3.86. The molecule has 2 amide bonds. The van der Waals surface area contributed by atoms with Gasteiger partial charge in [-0.25, -0.2) is 4.79 Å². The van der Waals surface area contributed by atoms with Crippen molar-refractivity contribution in [2.45, 2.75) is 44.2 Å². The Morgan fingerprint density at radius 3 is 2.74 bits per heavy atom. The zero-order valence-corrected chi connectivity index (χ0v) is 13.2. The van der Waals surface area contributed by atoms with Gasteiger partial charge in [-0.05, 0) is 31.2 Å². The average Bonchev–Trinajstić information content (AvgIpc) is 2.54. The number of ether oxygens (including phenoxy) is 1. The summed E-state index contributed by atoms with van der Waals surface area (Å²) in [5.74, 6) is -0.856. The molecule has 0 bridgehead atoms. The summed E-state index contributed by atoms with van der Waals surface area (Å²) < 4.78 is 5.34. The van der Waals surface area contributed by atoms with Crippen LogP contribution in [0.3, 0.4) is 0 Å². The molecule has 1 aliphatic rings. The minimum absolute atomic E-state index is 0.0283. The van der Waals surface area contributed by atoms with E-state index in [0.29, 0.717) is 19.4 Å². The fourth-order valence-electron chi connectivity index (χ4n) is 2.69. The second-order valence-electron chi connectivity index (χ2n) is 5.85. The Kier molecular flexibility index (Phi) is 6.87. The van der Waals surface area contributed by atoms with E-state index < -0.39 is 5.97 Å². The van der Waals surface area contributed by atoms with Gasteiger partial charge in [-0.1, -0.05) is 30.3 Å². The van der Waals surface area contributed by atoms with Gasteiger partial charge in [0, 0.05) is 19.1 Å². The van der Waals surface area contributed by atoms with Crippen LogP contribution in [0.5, 0.6) is 0 Å². The van der Waals surface area contributed by atoms with E-state index in [0.717, 1.165) is 25.0 Å². The van der Waals surface area contributed by atoms with E-state index in [1.54, 1.807) is 0 Å². The molecule has 0 saturated carbocycles. The standard InChI is InChI=1S/C17H24N2O4/c20-16(21)9-8-14(11-13-5-2-1-3-6-13)18-17(22)19-15-7-4-10-23-12-15/h1-3,5-6,14-15H,4,7-12H2,(H,20,21)(H2,18,19,22)/t14?,15-/m1/s1. The van der Waals surface area contributed by atoms with Crippen molar-refractivity contribution in [3.63, 3.8) is 0 Å². The number of rotatable bonds is 7. The first-order valence-electron chi connectivity index (χ1n) is 8.04. The average molecular weight is 320 g/mol. The Morgan fingerprint density at radius 2 is 2.09 bits per heavy atom. The summed E-state index contributed by atoms with van der Waals surface area (Å²) in [5.41, 5.74) is 1.07. The molecule has 0 spiro atoms. The van der Waals surface area contributed by atoms with Gasteiger partial charge in [-0.2, -0.15) is 0 Å². The predicted molar refractivity (Wildman–Crippen MR) is 86.3 cm³/mol. The van der Waals surface area contributed by atoms with Crippen molar-refractivity contribution in [3.8, 4) is 0 Å². The van der Waals surface area contributed by atoms with Crippen LogP contribution in [0.2, 0.25) is 0 Å². The van der Waals surface area contributed by atoms with E-state index in [9.17, 15) is 9.59 Å². The molecule has 0 radical (unpaired) electrons. The molecule has 1 aliphatic heterocycles. The molecule has 1 heterocycles. The van der Waals surface area contributed by atoms with E-state index >= 15 is 0 Å². The highest BCUT2D eigenvalue weighted by Gasteiger charge is 2.19. The second kappa shape index (κ2) is 9.15. The third kappa shape index (κ3) is 6.69. The van der Waals surface area contributed by atoms with Crippen LogP contribution in [-0.2, 0) is 16.0 Å². The summed E-state index contributed by atoms with van der Waals surface area (Å²) >= 11 is 0. The first-order valence-corrected chi connectivity index (χ1v) is 8.04. The maximum Gasteiger partial charge on any atom is 0.315 e. The van der Waals surface area contributed by atoms with E-state index in [-0.39, 0.29) is 24.5 Å². The van der Waals surface area contributed by atoms with Gasteiger partial charge in [-0.15, -0.1) is 0 Å². The molecule has 1 saturated heterocycles. The highest BCUT2D eigenvalue weighted by molar-refractivity contribution is 5.74. The highest BCUT2D eigenvalue weighted by atomic mass is 16.5. The number of carbonyl (C=O) groups excluding carboxylic acids is 1. The molecule has 6 nitrogen and oxygen atoms in total. The Balaban J connectivity index is 1.87. The van der Waals surface area contributed by atoms with Gasteiger partial charge in [0.15, 0.2) is 0 Å². The summed E-state index contributed by atoms with van der Waals surface area (Å²) in [6, 6.07) is 9.31. The summed E-state index contributed by atoms with van der Waals surface area (Å²) in [7, 11) is 0. The van der Waals surface area contributed by atoms with Crippen LogP contribution in [-0.4, -0.2) is 42.4 Å². The quantitative estimate of drug-likeness (QED) is 0.716. The summed E-state index contributed by atoms with van der Waals surface area (Å²) in [6.45, 7) is 1.28. The minimum Gasteiger partial charge on any atom is -0.481 e. The fraction of sp³-hybridized carbons (Fsp3) is 0.529. The molecular formula is C17H24N2O4. The molecule has 126 valence electrons. The summed E-state index contributed by atoms with van der Waals surface area (Å²) in [5, 5.41) is 14.7. The lowest BCUT2D eigenvalue weighted by molar-refractivity contribution is -0.137. The lowest BCUT2D eigenvalue weighted by Gasteiger charge is -2.25. The van der Waals surface area contributed by atoms with Crippen LogP contribution < -0.4 is 10.6 Å². The Hall–Kier alpha value is -2.08. The number of carboxylic acid groups (broad SMARTS) is 1. The number of benzene rings is 1. The van der Waals surface area contributed by atoms with Crippen LogP contribution in [0.4, 0.5) is 4.79 Å². The van der Waals surface area contributed by atoms with E-state index in [1.165, 1.54) is 0 Å². The number of carboxylic acids is 1. The van der Waals surface area contributed by atoms with Crippen molar-refractivity contribution in [2.24, 2.45) is 0 Å². The van der Waals surface area contributed by atoms with Gasteiger partial charge >= 0.3 is 12.0 Å². The first kappa shape index (κ1) is 17.3. The number of amides is 2. The fourth-order valence-corrected chi connectivity index (χ4v) is 2.69. The van der Waals surface area contributed by atoms with Gasteiger partial charge in [0.2, 0.25) is 0 Å². The largest absolute Gasteiger partial charge is 0.481 e. The van der Waals surface area contributed by atoms with Crippen LogP contribution in [0.25, 0.3) is 0 Å². The highest BCUT2D eigenvalue weighted by Crippen LogP contribution is 2.09. The number of hydrogen-bond acceptors (Lipinski definition) is 3. The van der Waals surface area contributed by atoms with E-state index in [4.69, 9.17) is 9.84 Å². The Morgan fingerprint density at radius 1 is 1.30 bits per heavy atom.